The summed E-state index contributed by atoms with van der Waals surface area (Å²) in [5, 5.41) is 0. The van der Waals surface area contributed by atoms with Crippen molar-refractivity contribution in [2.45, 2.75) is 40.3 Å². The zero-order valence-corrected chi connectivity index (χ0v) is 11.6. The Kier molecular flexibility index (Phi) is 6.10. The molecule has 0 radical (unpaired) electrons. The van der Waals surface area contributed by atoms with Crippen molar-refractivity contribution >= 4 is 12.2 Å². The topological polar surface area (TPSA) is 46.6 Å². The van der Waals surface area contributed by atoms with Crippen molar-refractivity contribution in [2.24, 2.45) is 5.41 Å². The lowest BCUT2D eigenvalue weighted by atomic mass is 10.0. The highest BCUT2D eigenvalue weighted by molar-refractivity contribution is 5.91. The summed E-state index contributed by atoms with van der Waals surface area (Å²) in [6, 6.07) is 0. The summed E-state index contributed by atoms with van der Waals surface area (Å²) in [6.07, 6.45) is 3.32. The largest absolute Gasteiger partial charge is 0.358 e. The summed E-state index contributed by atoms with van der Waals surface area (Å²) in [4.78, 5) is 22.5. The molecule has 17 heavy (non-hydrogen) atoms. The first-order valence-electron chi connectivity index (χ1n) is 5.73. The monoisotopic (exact) mass is 241 g/mol. The van der Waals surface area contributed by atoms with E-state index in [9.17, 15) is 9.59 Å². The summed E-state index contributed by atoms with van der Waals surface area (Å²) < 4.78 is 5.13. The standard InChI is InChI=1S/C8H13NO2.C5H10O/c1-4-6-5-7(10)9(2)8(6)11-3;1-5(2,3)4-6/h5,8H,4H2,1-3H3;4H,1-3H3. The maximum Gasteiger partial charge on any atom is 0.248 e. The molecule has 4 heteroatoms. The number of hydrogen-bond donors (Lipinski definition) is 0. The van der Waals surface area contributed by atoms with Gasteiger partial charge < -0.3 is 14.4 Å². The molecule has 4 nitrogen and oxygen atoms in total. The number of ether oxygens (including phenoxy) is 1. The van der Waals surface area contributed by atoms with Gasteiger partial charge in [0, 0.05) is 25.6 Å². The summed E-state index contributed by atoms with van der Waals surface area (Å²) >= 11 is 0. The highest BCUT2D eigenvalue weighted by Crippen LogP contribution is 2.20. The summed E-state index contributed by atoms with van der Waals surface area (Å²) in [5.41, 5.74) is 0.917. The first-order valence-corrected chi connectivity index (χ1v) is 5.73. The smallest absolute Gasteiger partial charge is 0.248 e. The first-order chi connectivity index (χ1) is 7.76. The van der Waals surface area contributed by atoms with E-state index < -0.39 is 0 Å². The van der Waals surface area contributed by atoms with Gasteiger partial charge in [-0.2, -0.15) is 0 Å². The van der Waals surface area contributed by atoms with Crippen LogP contribution in [-0.2, 0) is 14.3 Å². The van der Waals surface area contributed by atoms with Crippen molar-refractivity contribution in [3.8, 4) is 0 Å². The number of aldehydes is 1. The van der Waals surface area contributed by atoms with Gasteiger partial charge in [-0.1, -0.05) is 27.7 Å². The molecule has 1 amide bonds. The lowest BCUT2D eigenvalue weighted by molar-refractivity contribution is -0.130. The molecule has 0 N–H and O–H groups in total. The van der Waals surface area contributed by atoms with Gasteiger partial charge in [0.25, 0.3) is 0 Å². The van der Waals surface area contributed by atoms with E-state index in [0.29, 0.717) is 0 Å². The molecular formula is C13H23NO3. The van der Waals surface area contributed by atoms with Crippen molar-refractivity contribution in [2.75, 3.05) is 14.2 Å². The van der Waals surface area contributed by atoms with Crippen molar-refractivity contribution < 1.29 is 14.3 Å². The maximum atomic E-state index is 11.1. The van der Waals surface area contributed by atoms with Crippen LogP contribution in [0.5, 0.6) is 0 Å². The fraction of sp³-hybridized carbons (Fsp3) is 0.692. The lowest BCUT2D eigenvalue weighted by Gasteiger charge is -2.20. The molecule has 0 spiro atoms. The number of likely N-dealkylation sites (N-methyl/N-ethyl adjacent to an activating group) is 1. The average Bonchev–Trinajstić information content (AvgIpc) is 2.54. The molecule has 0 bridgehead atoms. The van der Waals surface area contributed by atoms with Crippen LogP contribution in [0.25, 0.3) is 0 Å². The minimum absolute atomic E-state index is 0.0358. The Hall–Kier alpha value is -1.16. The molecular weight excluding hydrogens is 218 g/mol. The molecule has 0 aliphatic carbocycles. The van der Waals surface area contributed by atoms with Gasteiger partial charge in [-0.05, 0) is 12.0 Å². The molecule has 0 aromatic carbocycles. The molecule has 0 saturated carbocycles. The zero-order valence-electron chi connectivity index (χ0n) is 11.6. The third-order valence-electron chi connectivity index (χ3n) is 2.31. The van der Waals surface area contributed by atoms with Crippen LogP contribution >= 0.6 is 0 Å². The van der Waals surface area contributed by atoms with E-state index >= 15 is 0 Å². The van der Waals surface area contributed by atoms with Gasteiger partial charge in [-0.3, -0.25) is 4.79 Å². The van der Waals surface area contributed by atoms with Gasteiger partial charge >= 0.3 is 0 Å². The van der Waals surface area contributed by atoms with Crippen LogP contribution in [0.15, 0.2) is 11.6 Å². The van der Waals surface area contributed by atoms with E-state index in [1.165, 1.54) is 0 Å². The molecule has 1 rings (SSSR count). The van der Waals surface area contributed by atoms with Crippen LogP contribution in [-0.4, -0.2) is 37.5 Å². The van der Waals surface area contributed by atoms with Crippen molar-refractivity contribution in [1.29, 1.82) is 0 Å². The van der Waals surface area contributed by atoms with Gasteiger partial charge in [0.2, 0.25) is 5.91 Å². The Balaban J connectivity index is 0.000000366. The number of methoxy groups -OCH3 is 1. The number of hydrogen-bond acceptors (Lipinski definition) is 3. The van der Waals surface area contributed by atoms with E-state index in [-0.39, 0.29) is 17.6 Å². The molecule has 1 aliphatic rings. The van der Waals surface area contributed by atoms with Crippen molar-refractivity contribution in [3.63, 3.8) is 0 Å². The highest BCUT2D eigenvalue weighted by atomic mass is 16.5. The fourth-order valence-electron chi connectivity index (χ4n) is 1.28. The van der Waals surface area contributed by atoms with E-state index in [1.54, 1.807) is 25.1 Å². The van der Waals surface area contributed by atoms with Crippen LogP contribution in [0, 0.1) is 5.41 Å². The lowest BCUT2D eigenvalue weighted by Crippen LogP contribution is -2.32. The molecule has 1 heterocycles. The number of carbonyl (C=O) groups excluding carboxylic acids is 2. The second-order valence-corrected chi connectivity index (χ2v) is 5.09. The highest BCUT2D eigenvalue weighted by Gasteiger charge is 2.27. The number of rotatable bonds is 2. The molecule has 0 aromatic heterocycles. The Bertz CT molecular complexity index is 302. The normalized spacial score (nSPS) is 19.6. The quantitative estimate of drug-likeness (QED) is 0.695. The number of carbonyl (C=O) groups is 2. The summed E-state index contributed by atoms with van der Waals surface area (Å²) in [5.74, 6) is 0.0358. The predicted octanol–water partition coefficient (Wildman–Crippen LogP) is 2.00. The van der Waals surface area contributed by atoms with E-state index in [4.69, 9.17) is 4.74 Å². The Labute approximate surface area is 104 Å². The SMILES string of the molecule is CC(C)(C)C=O.CCC1=CC(=O)N(C)C1OC. The van der Waals surface area contributed by atoms with Crippen LogP contribution in [0.4, 0.5) is 0 Å². The van der Waals surface area contributed by atoms with Gasteiger partial charge in [-0.25, -0.2) is 0 Å². The maximum absolute atomic E-state index is 11.1. The Morgan fingerprint density at radius 3 is 2.18 bits per heavy atom. The third-order valence-corrected chi connectivity index (χ3v) is 2.31. The summed E-state index contributed by atoms with van der Waals surface area (Å²) in [7, 11) is 3.36. The third kappa shape index (κ3) is 5.13. The van der Waals surface area contributed by atoms with Crippen LogP contribution in [0.3, 0.4) is 0 Å². The predicted molar refractivity (Wildman–Crippen MR) is 67.5 cm³/mol. The van der Waals surface area contributed by atoms with Gasteiger partial charge in [0.1, 0.15) is 6.29 Å². The molecule has 0 aromatic rings. The zero-order chi connectivity index (χ0) is 13.6. The molecule has 1 atom stereocenters. The number of amides is 1. The average molecular weight is 241 g/mol. The molecule has 0 fully saturated rings. The van der Waals surface area contributed by atoms with Gasteiger partial charge in [-0.15, -0.1) is 0 Å². The second-order valence-electron chi connectivity index (χ2n) is 5.09. The minimum Gasteiger partial charge on any atom is -0.358 e. The molecule has 98 valence electrons. The molecule has 1 unspecified atom stereocenters. The molecule has 0 saturated heterocycles. The fourth-order valence-corrected chi connectivity index (χ4v) is 1.28. The van der Waals surface area contributed by atoms with Crippen molar-refractivity contribution in [1.82, 2.24) is 4.90 Å². The van der Waals surface area contributed by atoms with Crippen LogP contribution in [0.2, 0.25) is 0 Å². The minimum atomic E-state index is -0.139. The Morgan fingerprint density at radius 1 is 1.47 bits per heavy atom. The van der Waals surface area contributed by atoms with Gasteiger partial charge in [0.05, 0.1) is 0 Å². The first kappa shape index (κ1) is 15.8. The van der Waals surface area contributed by atoms with Crippen LogP contribution < -0.4 is 0 Å². The number of nitrogens with zero attached hydrogens (tertiary/aromatic N) is 1. The summed E-state index contributed by atoms with van der Waals surface area (Å²) in [6.45, 7) is 7.64. The van der Waals surface area contributed by atoms with E-state index in [2.05, 4.69) is 0 Å². The van der Waals surface area contributed by atoms with Crippen molar-refractivity contribution in [3.05, 3.63) is 11.6 Å². The second kappa shape index (κ2) is 6.55. The molecule has 1 aliphatic heterocycles. The van der Waals surface area contributed by atoms with Crippen LogP contribution in [0.1, 0.15) is 34.1 Å². The Morgan fingerprint density at radius 2 is 1.94 bits per heavy atom. The van der Waals surface area contributed by atoms with E-state index in [1.807, 2.05) is 27.7 Å². The van der Waals surface area contributed by atoms with E-state index in [0.717, 1.165) is 18.3 Å². The van der Waals surface area contributed by atoms with Gasteiger partial charge in [0.15, 0.2) is 6.23 Å².